The van der Waals surface area contributed by atoms with E-state index in [2.05, 4.69) is 5.32 Å². The molecule has 0 aliphatic carbocycles. The number of carbonyl (C=O) groups is 1. The molecule has 0 atom stereocenters. The van der Waals surface area contributed by atoms with Gasteiger partial charge in [-0.25, -0.2) is 8.42 Å². The summed E-state index contributed by atoms with van der Waals surface area (Å²) in [6.07, 6.45) is 0.958. The third-order valence-corrected chi connectivity index (χ3v) is 5.40. The maximum atomic E-state index is 12.3. The molecule has 10 heteroatoms. The lowest BCUT2D eigenvalue weighted by Crippen LogP contribution is -2.37. The van der Waals surface area contributed by atoms with Crippen molar-refractivity contribution in [1.29, 1.82) is 0 Å². The molecule has 1 N–H and O–H groups in total. The van der Waals surface area contributed by atoms with Gasteiger partial charge in [-0.05, 0) is 30.3 Å². The molecule has 0 saturated heterocycles. The third kappa shape index (κ3) is 5.15. The fraction of sp³-hybridized carbons (Fsp3) is 0.133. The van der Waals surface area contributed by atoms with Gasteiger partial charge >= 0.3 is 0 Å². The molecule has 2 aromatic carbocycles. The molecule has 2 rings (SSSR count). The summed E-state index contributed by atoms with van der Waals surface area (Å²) in [4.78, 5) is 12.3. The molecular formula is C15H12Cl4N2O3S. The van der Waals surface area contributed by atoms with Crippen molar-refractivity contribution in [2.24, 2.45) is 0 Å². The summed E-state index contributed by atoms with van der Waals surface area (Å²) in [6, 6.07) is 9.03. The maximum Gasteiger partial charge on any atom is 0.245 e. The molecule has 0 aliphatic heterocycles. The van der Waals surface area contributed by atoms with E-state index < -0.39 is 22.5 Å². The predicted octanol–water partition coefficient (Wildman–Crippen LogP) is 4.70. The zero-order valence-corrected chi connectivity index (χ0v) is 16.6. The largest absolute Gasteiger partial charge is 0.322 e. The minimum atomic E-state index is -3.80. The highest BCUT2D eigenvalue weighted by Crippen LogP contribution is 2.32. The van der Waals surface area contributed by atoms with Crippen LogP contribution in [0.2, 0.25) is 20.1 Å². The molecule has 0 spiro atoms. The second-order valence-electron chi connectivity index (χ2n) is 5.01. The van der Waals surface area contributed by atoms with Gasteiger partial charge < -0.3 is 5.32 Å². The molecule has 1 amide bonds. The number of carbonyl (C=O) groups excluding carboxylic acids is 1. The highest BCUT2D eigenvalue weighted by molar-refractivity contribution is 7.92. The fourth-order valence-corrected chi connectivity index (χ4v) is 3.77. The molecule has 0 saturated carbocycles. The molecule has 2 aromatic rings. The van der Waals surface area contributed by atoms with Gasteiger partial charge in [-0.2, -0.15) is 0 Å². The number of halogens is 4. The van der Waals surface area contributed by atoms with Crippen molar-refractivity contribution in [2.45, 2.75) is 0 Å². The number of rotatable bonds is 5. The van der Waals surface area contributed by atoms with Crippen molar-refractivity contribution in [1.82, 2.24) is 0 Å². The first-order valence-corrected chi connectivity index (χ1v) is 10.1. The number of anilines is 2. The molecule has 0 bridgehead atoms. The average molecular weight is 442 g/mol. The van der Waals surface area contributed by atoms with Gasteiger partial charge in [0.05, 0.1) is 32.7 Å². The van der Waals surface area contributed by atoms with E-state index in [1.165, 1.54) is 18.2 Å². The van der Waals surface area contributed by atoms with Gasteiger partial charge in [0.1, 0.15) is 6.54 Å². The maximum absolute atomic E-state index is 12.3. The topological polar surface area (TPSA) is 66.5 Å². The lowest BCUT2D eigenvalue weighted by molar-refractivity contribution is -0.114. The molecule has 134 valence electrons. The summed E-state index contributed by atoms with van der Waals surface area (Å²) in [5.41, 5.74) is 0.290. The third-order valence-electron chi connectivity index (χ3n) is 3.09. The van der Waals surface area contributed by atoms with E-state index in [1.807, 2.05) is 0 Å². The number of benzene rings is 2. The van der Waals surface area contributed by atoms with Crippen molar-refractivity contribution in [3.05, 3.63) is 56.5 Å². The van der Waals surface area contributed by atoms with Gasteiger partial charge in [-0.3, -0.25) is 9.10 Å². The van der Waals surface area contributed by atoms with Crippen molar-refractivity contribution in [2.75, 3.05) is 22.4 Å². The number of amides is 1. The average Bonchev–Trinajstić information content (AvgIpc) is 2.50. The van der Waals surface area contributed by atoms with E-state index >= 15 is 0 Å². The normalized spacial score (nSPS) is 11.2. The minimum Gasteiger partial charge on any atom is -0.322 e. The van der Waals surface area contributed by atoms with Crippen LogP contribution < -0.4 is 9.62 Å². The van der Waals surface area contributed by atoms with Crippen LogP contribution in [0.5, 0.6) is 0 Å². The molecule has 0 fully saturated rings. The van der Waals surface area contributed by atoms with Gasteiger partial charge in [0.25, 0.3) is 0 Å². The lowest BCUT2D eigenvalue weighted by Gasteiger charge is -2.23. The van der Waals surface area contributed by atoms with E-state index in [9.17, 15) is 13.2 Å². The Hall–Kier alpha value is -1.18. The van der Waals surface area contributed by atoms with Crippen molar-refractivity contribution < 1.29 is 13.2 Å². The van der Waals surface area contributed by atoms with Crippen molar-refractivity contribution >= 4 is 73.7 Å². The van der Waals surface area contributed by atoms with E-state index in [0.29, 0.717) is 0 Å². The van der Waals surface area contributed by atoms with E-state index in [1.54, 1.807) is 18.2 Å². The van der Waals surface area contributed by atoms with Crippen LogP contribution in [0.3, 0.4) is 0 Å². The number of nitrogens with zero attached hydrogens (tertiary/aromatic N) is 1. The summed E-state index contributed by atoms with van der Waals surface area (Å²) in [5, 5.41) is 3.38. The van der Waals surface area contributed by atoms with E-state index in [-0.39, 0.29) is 31.5 Å². The molecule has 0 aromatic heterocycles. The Morgan fingerprint density at radius 2 is 1.64 bits per heavy atom. The molecular weight excluding hydrogens is 430 g/mol. The summed E-state index contributed by atoms with van der Waals surface area (Å²) < 4.78 is 25.1. The Balaban J connectivity index is 2.32. The second kappa shape index (κ2) is 8.01. The van der Waals surface area contributed by atoms with Crippen LogP contribution in [0.4, 0.5) is 11.4 Å². The Morgan fingerprint density at radius 1 is 1.04 bits per heavy atom. The monoisotopic (exact) mass is 440 g/mol. The molecule has 0 aliphatic rings. The van der Waals surface area contributed by atoms with E-state index in [4.69, 9.17) is 46.4 Å². The van der Waals surface area contributed by atoms with Crippen LogP contribution >= 0.6 is 46.4 Å². The Kier molecular flexibility index (Phi) is 6.45. The van der Waals surface area contributed by atoms with Gasteiger partial charge in [0, 0.05) is 5.02 Å². The van der Waals surface area contributed by atoms with Crippen LogP contribution in [0.1, 0.15) is 0 Å². The highest BCUT2D eigenvalue weighted by Gasteiger charge is 2.24. The molecule has 0 unspecified atom stereocenters. The first kappa shape index (κ1) is 20.1. The van der Waals surface area contributed by atoms with Gasteiger partial charge in [-0.1, -0.05) is 52.5 Å². The Morgan fingerprint density at radius 3 is 2.20 bits per heavy atom. The van der Waals surface area contributed by atoms with Crippen LogP contribution in [0.25, 0.3) is 0 Å². The predicted molar refractivity (Wildman–Crippen MR) is 104 cm³/mol. The number of hydrogen-bond donors (Lipinski definition) is 1. The van der Waals surface area contributed by atoms with Gasteiger partial charge in [0.15, 0.2) is 0 Å². The van der Waals surface area contributed by atoms with Crippen molar-refractivity contribution in [3.63, 3.8) is 0 Å². The van der Waals surface area contributed by atoms with Crippen LogP contribution in [-0.2, 0) is 14.8 Å². The summed E-state index contributed by atoms with van der Waals surface area (Å²) in [5.74, 6) is -0.642. The number of para-hydroxylation sites is 1. The molecule has 25 heavy (non-hydrogen) atoms. The molecule has 5 nitrogen and oxygen atoms in total. The highest BCUT2D eigenvalue weighted by atomic mass is 35.5. The quantitative estimate of drug-likeness (QED) is 0.730. The standard InChI is InChI=1S/C15H12Cl4N2O3S/c1-25(23,24)21(13-7-9(16)5-6-10(13)17)8-14(22)20-15-11(18)3-2-4-12(15)19/h2-7H,8H2,1H3,(H,20,22). The summed E-state index contributed by atoms with van der Waals surface area (Å²) in [6.45, 7) is -0.527. The summed E-state index contributed by atoms with van der Waals surface area (Å²) in [7, 11) is -3.80. The Labute approximate surface area is 165 Å². The minimum absolute atomic E-state index is 0.0945. The summed E-state index contributed by atoms with van der Waals surface area (Å²) >= 11 is 23.9. The Bertz CT molecular complexity index is 899. The van der Waals surface area contributed by atoms with Crippen molar-refractivity contribution in [3.8, 4) is 0 Å². The first-order chi connectivity index (χ1) is 11.6. The second-order valence-corrected chi connectivity index (χ2v) is 8.58. The first-order valence-electron chi connectivity index (χ1n) is 6.76. The van der Waals surface area contributed by atoms with Gasteiger partial charge in [-0.15, -0.1) is 0 Å². The zero-order chi connectivity index (χ0) is 18.8. The van der Waals surface area contributed by atoms with Crippen LogP contribution in [0, 0.1) is 0 Å². The smallest absolute Gasteiger partial charge is 0.245 e. The lowest BCUT2D eigenvalue weighted by atomic mass is 10.3. The zero-order valence-electron chi connectivity index (χ0n) is 12.8. The van der Waals surface area contributed by atoms with E-state index in [0.717, 1.165) is 10.6 Å². The number of nitrogens with one attached hydrogen (secondary N) is 1. The fourth-order valence-electron chi connectivity index (χ4n) is 1.98. The van der Waals surface area contributed by atoms with Crippen LogP contribution in [0.15, 0.2) is 36.4 Å². The van der Waals surface area contributed by atoms with Gasteiger partial charge in [0.2, 0.25) is 15.9 Å². The SMILES string of the molecule is CS(=O)(=O)N(CC(=O)Nc1c(Cl)cccc1Cl)c1cc(Cl)ccc1Cl. The number of sulfonamides is 1. The number of hydrogen-bond acceptors (Lipinski definition) is 3. The molecule has 0 heterocycles. The van der Waals surface area contributed by atoms with Crippen LogP contribution in [-0.4, -0.2) is 27.1 Å². The molecule has 0 radical (unpaired) electrons.